The molecule has 0 saturated heterocycles. The standard InChI is InChI=1S/C29H29O3/c1-3-30-26-16-11-23(12-17-26)25-20-28(15-10-22-8-6-5-7-9-22)32-29(21-25)24-13-18-27(19-14-24)31-4-2/h5-19,21,25H,3-4,20H2,1-2H3/q+1/b15-10+/t25-/m0/s1. The van der Waals surface area contributed by atoms with E-state index in [1.54, 1.807) is 0 Å². The van der Waals surface area contributed by atoms with E-state index in [2.05, 4.69) is 54.6 Å². The molecule has 3 aromatic rings. The summed E-state index contributed by atoms with van der Waals surface area (Å²) in [4.78, 5) is 0. The fourth-order valence-electron chi connectivity index (χ4n) is 3.76. The first-order chi connectivity index (χ1) is 15.7. The van der Waals surface area contributed by atoms with Crippen molar-refractivity contribution < 1.29 is 13.9 Å². The van der Waals surface area contributed by atoms with Gasteiger partial charge in [0.1, 0.15) is 11.5 Å². The van der Waals surface area contributed by atoms with E-state index in [4.69, 9.17) is 13.9 Å². The van der Waals surface area contributed by atoms with E-state index in [1.807, 2.05) is 56.3 Å². The van der Waals surface area contributed by atoms with Gasteiger partial charge >= 0.3 is 11.5 Å². The molecule has 0 aromatic heterocycles. The normalized spacial score (nSPS) is 15.9. The quantitative estimate of drug-likeness (QED) is 0.292. The summed E-state index contributed by atoms with van der Waals surface area (Å²) in [7, 11) is 0. The Morgan fingerprint density at radius 1 is 0.781 bits per heavy atom. The monoisotopic (exact) mass is 425 g/mol. The minimum atomic E-state index is 0.219. The minimum Gasteiger partial charge on any atom is -0.494 e. The van der Waals surface area contributed by atoms with Crippen LogP contribution in [0.15, 0.2) is 91.0 Å². The molecule has 1 aliphatic heterocycles. The van der Waals surface area contributed by atoms with Crippen LogP contribution in [0.4, 0.5) is 0 Å². The number of ether oxygens (including phenoxy) is 2. The molecule has 3 heteroatoms. The lowest BCUT2D eigenvalue weighted by Gasteiger charge is -2.14. The van der Waals surface area contributed by atoms with Gasteiger partial charge in [-0.1, -0.05) is 42.5 Å². The number of carbonyl (C=O) groups excluding carboxylic acids is 1. The molecule has 3 aromatic carbocycles. The highest BCUT2D eigenvalue weighted by Crippen LogP contribution is 2.32. The first kappa shape index (κ1) is 21.6. The van der Waals surface area contributed by atoms with E-state index >= 15 is 0 Å². The Morgan fingerprint density at radius 3 is 2.03 bits per heavy atom. The number of allylic oxidation sites excluding steroid dienone is 2. The highest BCUT2D eigenvalue weighted by molar-refractivity contribution is 5.96. The zero-order valence-electron chi connectivity index (χ0n) is 18.7. The highest BCUT2D eigenvalue weighted by atomic mass is 16.5. The fraction of sp³-hybridized carbons (Fsp3) is 0.207. The van der Waals surface area contributed by atoms with Crippen LogP contribution in [-0.2, 0) is 4.42 Å². The Morgan fingerprint density at radius 2 is 1.41 bits per heavy atom. The summed E-state index contributed by atoms with van der Waals surface area (Å²) in [5, 5.41) is 0. The molecule has 0 amide bonds. The summed E-state index contributed by atoms with van der Waals surface area (Å²) in [6.45, 7) is 5.31. The Bertz CT molecular complexity index is 1090. The third kappa shape index (κ3) is 5.55. The fourth-order valence-corrected chi connectivity index (χ4v) is 3.76. The first-order valence-corrected chi connectivity index (χ1v) is 11.2. The number of ketones is 1. The number of hydrogen-bond acceptors (Lipinski definition) is 2. The number of hydrogen-bond donors (Lipinski definition) is 0. The molecule has 0 aliphatic carbocycles. The SMILES string of the molecule is CCOc1ccc(C2=C[C@@H](c3ccc(OCC)cc3)CC(/C=C/c3ccccc3)=[O+]2)cc1. The van der Waals surface area contributed by atoms with Crippen LogP contribution >= 0.6 is 0 Å². The predicted octanol–water partition coefficient (Wildman–Crippen LogP) is 6.83. The van der Waals surface area contributed by atoms with Gasteiger partial charge in [-0.05, 0) is 67.4 Å². The molecule has 0 spiro atoms. The summed E-state index contributed by atoms with van der Waals surface area (Å²) in [6.07, 6.45) is 7.20. The van der Waals surface area contributed by atoms with Crippen LogP contribution in [0.5, 0.6) is 11.5 Å². The molecule has 0 fully saturated rings. The van der Waals surface area contributed by atoms with Gasteiger partial charge in [-0.15, -0.1) is 0 Å². The third-order valence-electron chi connectivity index (χ3n) is 5.35. The van der Waals surface area contributed by atoms with E-state index in [-0.39, 0.29) is 5.92 Å². The van der Waals surface area contributed by atoms with Gasteiger partial charge in [0.2, 0.25) is 0 Å². The van der Waals surface area contributed by atoms with Crippen LogP contribution in [0.2, 0.25) is 0 Å². The average Bonchev–Trinajstić information content (AvgIpc) is 2.85. The summed E-state index contributed by atoms with van der Waals surface area (Å²) in [5.74, 6) is 3.79. The van der Waals surface area contributed by atoms with Crippen LogP contribution in [0.25, 0.3) is 11.8 Å². The number of rotatable bonds is 8. The lowest BCUT2D eigenvalue weighted by Crippen LogP contribution is -2.12. The largest absolute Gasteiger partial charge is 0.494 e. The molecule has 0 bridgehead atoms. The second kappa shape index (κ2) is 10.6. The van der Waals surface area contributed by atoms with Gasteiger partial charge in [0.25, 0.3) is 0 Å². The van der Waals surface area contributed by atoms with Crippen LogP contribution in [0.1, 0.15) is 42.9 Å². The van der Waals surface area contributed by atoms with Gasteiger partial charge in [0.15, 0.2) is 0 Å². The minimum absolute atomic E-state index is 0.219. The molecule has 32 heavy (non-hydrogen) atoms. The maximum absolute atomic E-state index is 6.33. The van der Waals surface area contributed by atoms with Crippen molar-refractivity contribution >= 4 is 17.6 Å². The van der Waals surface area contributed by atoms with Crippen LogP contribution in [-0.4, -0.2) is 19.0 Å². The smallest absolute Gasteiger partial charge is 0.356 e. The van der Waals surface area contributed by atoms with Gasteiger partial charge in [-0.25, -0.2) is 4.42 Å². The average molecular weight is 426 g/mol. The van der Waals surface area contributed by atoms with E-state index in [0.29, 0.717) is 13.2 Å². The summed E-state index contributed by atoms with van der Waals surface area (Å²) in [6, 6.07) is 26.7. The molecule has 0 N–H and O–H groups in total. The predicted molar refractivity (Wildman–Crippen MR) is 131 cm³/mol. The molecule has 4 rings (SSSR count). The third-order valence-corrected chi connectivity index (χ3v) is 5.35. The molecule has 1 aliphatic rings. The first-order valence-electron chi connectivity index (χ1n) is 11.2. The van der Waals surface area contributed by atoms with Crippen LogP contribution in [0.3, 0.4) is 0 Å². The maximum Gasteiger partial charge on any atom is 0.356 e. The van der Waals surface area contributed by atoms with Crippen molar-refractivity contribution in [1.29, 1.82) is 0 Å². The molecule has 0 saturated carbocycles. The Kier molecular flexibility index (Phi) is 7.19. The van der Waals surface area contributed by atoms with Crippen molar-refractivity contribution in [3.63, 3.8) is 0 Å². The molecular formula is C29H29O3+. The van der Waals surface area contributed by atoms with Crippen molar-refractivity contribution in [3.8, 4) is 11.5 Å². The van der Waals surface area contributed by atoms with Crippen molar-refractivity contribution in [1.82, 2.24) is 0 Å². The summed E-state index contributed by atoms with van der Waals surface area (Å²) < 4.78 is 17.5. The zero-order valence-corrected chi connectivity index (χ0v) is 18.7. The second-order valence-corrected chi connectivity index (χ2v) is 7.61. The molecule has 3 nitrogen and oxygen atoms in total. The Labute approximate surface area is 190 Å². The summed E-state index contributed by atoms with van der Waals surface area (Å²) >= 11 is 0. The highest BCUT2D eigenvalue weighted by Gasteiger charge is 2.29. The topological polar surface area (TPSA) is 29.8 Å². The molecular weight excluding hydrogens is 396 g/mol. The maximum atomic E-state index is 6.33. The summed E-state index contributed by atoms with van der Waals surface area (Å²) in [5.41, 5.74) is 3.43. The van der Waals surface area contributed by atoms with Crippen molar-refractivity contribution in [2.45, 2.75) is 26.2 Å². The van der Waals surface area contributed by atoms with Crippen LogP contribution < -0.4 is 9.47 Å². The van der Waals surface area contributed by atoms with E-state index < -0.39 is 0 Å². The molecule has 1 heterocycles. The van der Waals surface area contributed by atoms with Gasteiger partial charge in [0, 0.05) is 18.1 Å². The van der Waals surface area contributed by atoms with E-state index in [9.17, 15) is 0 Å². The zero-order chi connectivity index (χ0) is 22.2. The van der Waals surface area contributed by atoms with Crippen molar-refractivity contribution in [3.05, 3.63) is 108 Å². The molecule has 0 unspecified atom stereocenters. The van der Waals surface area contributed by atoms with Gasteiger partial charge < -0.3 is 9.47 Å². The van der Waals surface area contributed by atoms with Gasteiger partial charge in [0.05, 0.1) is 25.2 Å². The molecule has 1 atom stereocenters. The molecule has 0 radical (unpaired) electrons. The van der Waals surface area contributed by atoms with Crippen molar-refractivity contribution in [2.75, 3.05) is 13.2 Å². The number of benzene rings is 3. The molecule has 162 valence electrons. The lowest BCUT2D eigenvalue weighted by molar-refractivity contribution is -0.346. The van der Waals surface area contributed by atoms with Crippen LogP contribution in [0, 0.1) is 0 Å². The second-order valence-electron chi connectivity index (χ2n) is 7.61. The van der Waals surface area contributed by atoms with Crippen molar-refractivity contribution in [2.24, 2.45) is 0 Å². The van der Waals surface area contributed by atoms with E-state index in [1.165, 1.54) is 5.56 Å². The van der Waals surface area contributed by atoms with E-state index in [0.717, 1.165) is 40.6 Å². The lowest BCUT2D eigenvalue weighted by atomic mass is 9.90. The van der Waals surface area contributed by atoms with Gasteiger partial charge in [-0.3, -0.25) is 0 Å². The van der Waals surface area contributed by atoms with Gasteiger partial charge in [-0.2, -0.15) is 0 Å². The Hall–Kier alpha value is -3.59. The Balaban J connectivity index is 1.64.